The van der Waals surface area contributed by atoms with Crippen molar-refractivity contribution in [3.8, 4) is 0 Å². The molecule has 1 fully saturated rings. The standard InChI is InChI=1S/C19H22N2O/c22-19(20-17-11-5-2-6-12-17)21-14-8-7-13-18(21)15-16-9-3-1-4-10-16/h1-6,9-12,18H,7-8,13-15H2,(H,20,22). The van der Waals surface area contributed by atoms with Crippen molar-refractivity contribution < 1.29 is 4.79 Å². The molecule has 3 rings (SSSR count). The lowest BCUT2D eigenvalue weighted by Gasteiger charge is -2.36. The molecule has 22 heavy (non-hydrogen) atoms. The van der Waals surface area contributed by atoms with Crippen molar-refractivity contribution in [3.05, 3.63) is 66.2 Å². The number of benzene rings is 2. The molecule has 3 heteroatoms. The number of hydrogen-bond donors (Lipinski definition) is 1. The van der Waals surface area contributed by atoms with Gasteiger partial charge in [0.05, 0.1) is 0 Å². The summed E-state index contributed by atoms with van der Waals surface area (Å²) >= 11 is 0. The minimum Gasteiger partial charge on any atom is -0.321 e. The van der Waals surface area contributed by atoms with Gasteiger partial charge in [0.15, 0.2) is 0 Å². The first-order valence-electron chi connectivity index (χ1n) is 7.99. The third kappa shape index (κ3) is 3.67. The van der Waals surface area contributed by atoms with Gasteiger partial charge in [-0.25, -0.2) is 4.79 Å². The highest BCUT2D eigenvalue weighted by Crippen LogP contribution is 2.22. The summed E-state index contributed by atoms with van der Waals surface area (Å²) in [7, 11) is 0. The maximum atomic E-state index is 12.6. The van der Waals surface area contributed by atoms with Crippen LogP contribution < -0.4 is 5.32 Å². The number of nitrogens with one attached hydrogen (secondary N) is 1. The zero-order valence-electron chi connectivity index (χ0n) is 12.7. The van der Waals surface area contributed by atoms with Crippen LogP contribution in [-0.2, 0) is 6.42 Å². The average Bonchev–Trinajstić information content (AvgIpc) is 2.57. The van der Waals surface area contributed by atoms with E-state index in [4.69, 9.17) is 0 Å². The normalized spacial score (nSPS) is 18.0. The largest absolute Gasteiger partial charge is 0.322 e. The number of nitrogens with zero attached hydrogens (tertiary/aromatic N) is 1. The predicted molar refractivity (Wildman–Crippen MR) is 90.0 cm³/mol. The van der Waals surface area contributed by atoms with Crippen LogP contribution in [0.2, 0.25) is 0 Å². The van der Waals surface area contributed by atoms with Crippen LogP contribution in [-0.4, -0.2) is 23.5 Å². The van der Waals surface area contributed by atoms with Gasteiger partial charge in [0, 0.05) is 18.3 Å². The summed E-state index contributed by atoms with van der Waals surface area (Å²) in [5, 5.41) is 3.01. The Bertz CT molecular complexity index is 597. The maximum absolute atomic E-state index is 12.6. The van der Waals surface area contributed by atoms with Gasteiger partial charge >= 0.3 is 6.03 Å². The van der Waals surface area contributed by atoms with Crippen molar-refractivity contribution >= 4 is 11.7 Å². The zero-order valence-corrected chi connectivity index (χ0v) is 12.7. The molecular weight excluding hydrogens is 272 g/mol. The summed E-state index contributed by atoms with van der Waals surface area (Å²) in [5.41, 5.74) is 2.16. The second-order valence-corrected chi connectivity index (χ2v) is 5.83. The van der Waals surface area contributed by atoms with E-state index in [2.05, 4.69) is 29.6 Å². The van der Waals surface area contributed by atoms with E-state index in [0.717, 1.165) is 31.5 Å². The average molecular weight is 294 g/mol. The fourth-order valence-electron chi connectivity index (χ4n) is 3.08. The lowest BCUT2D eigenvalue weighted by Crippen LogP contribution is -2.46. The Morgan fingerprint density at radius 2 is 1.68 bits per heavy atom. The van der Waals surface area contributed by atoms with E-state index in [-0.39, 0.29) is 6.03 Å². The molecule has 2 aromatic rings. The van der Waals surface area contributed by atoms with E-state index in [9.17, 15) is 4.79 Å². The molecular formula is C19H22N2O. The van der Waals surface area contributed by atoms with Gasteiger partial charge in [-0.05, 0) is 43.4 Å². The maximum Gasteiger partial charge on any atom is 0.322 e. The first kappa shape index (κ1) is 14.6. The Morgan fingerprint density at radius 3 is 2.41 bits per heavy atom. The van der Waals surface area contributed by atoms with Crippen LogP contribution in [0.15, 0.2) is 60.7 Å². The first-order chi connectivity index (χ1) is 10.8. The molecule has 1 saturated heterocycles. The molecule has 2 aromatic carbocycles. The van der Waals surface area contributed by atoms with Gasteiger partial charge in [-0.1, -0.05) is 48.5 Å². The highest BCUT2D eigenvalue weighted by atomic mass is 16.2. The summed E-state index contributed by atoms with van der Waals surface area (Å²) in [6, 6.07) is 20.4. The van der Waals surface area contributed by atoms with Crippen molar-refractivity contribution in [2.24, 2.45) is 0 Å². The first-order valence-corrected chi connectivity index (χ1v) is 7.99. The van der Waals surface area contributed by atoms with Gasteiger partial charge in [0.2, 0.25) is 0 Å². The molecule has 2 amide bonds. The van der Waals surface area contributed by atoms with Crippen molar-refractivity contribution in [2.45, 2.75) is 31.7 Å². The van der Waals surface area contributed by atoms with Gasteiger partial charge in [0.1, 0.15) is 0 Å². The number of para-hydroxylation sites is 1. The molecule has 0 bridgehead atoms. The van der Waals surface area contributed by atoms with Crippen LogP contribution in [0.25, 0.3) is 0 Å². The van der Waals surface area contributed by atoms with Crippen LogP contribution >= 0.6 is 0 Å². The Hall–Kier alpha value is -2.29. The lowest BCUT2D eigenvalue weighted by molar-refractivity contribution is 0.162. The molecule has 0 aliphatic carbocycles. The molecule has 1 N–H and O–H groups in total. The number of carbonyl (C=O) groups is 1. The smallest absolute Gasteiger partial charge is 0.321 e. The molecule has 1 aliphatic heterocycles. The van der Waals surface area contributed by atoms with E-state index in [0.29, 0.717) is 6.04 Å². The highest BCUT2D eigenvalue weighted by molar-refractivity contribution is 5.89. The number of carbonyl (C=O) groups excluding carboxylic acids is 1. The Morgan fingerprint density at radius 1 is 1.00 bits per heavy atom. The number of anilines is 1. The van der Waals surface area contributed by atoms with Gasteiger partial charge in [-0.3, -0.25) is 0 Å². The summed E-state index contributed by atoms with van der Waals surface area (Å²) in [5.74, 6) is 0. The molecule has 1 heterocycles. The summed E-state index contributed by atoms with van der Waals surface area (Å²) < 4.78 is 0. The van der Waals surface area contributed by atoms with Crippen molar-refractivity contribution in [3.63, 3.8) is 0 Å². The van der Waals surface area contributed by atoms with E-state index in [1.165, 1.54) is 12.0 Å². The number of hydrogen-bond acceptors (Lipinski definition) is 1. The second kappa shape index (κ2) is 7.12. The molecule has 1 unspecified atom stereocenters. The van der Waals surface area contributed by atoms with Crippen LogP contribution in [0.4, 0.5) is 10.5 Å². The third-order valence-corrected chi connectivity index (χ3v) is 4.23. The molecule has 0 spiro atoms. The van der Waals surface area contributed by atoms with Gasteiger partial charge in [-0.2, -0.15) is 0 Å². The lowest BCUT2D eigenvalue weighted by atomic mass is 9.96. The van der Waals surface area contributed by atoms with Crippen molar-refractivity contribution in [1.82, 2.24) is 4.90 Å². The second-order valence-electron chi connectivity index (χ2n) is 5.83. The van der Waals surface area contributed by atoms with E-state index in [1.807, 2.05) is 41.3 Å². The van der Waals surface area contributed by atoms with Gasteiger partial charge in [-0.15, -0.1) is 0 Å². The molecule has 0 aromatic heterocycles. The van der Waals surface area contributed by atoms with E-state index >= 15 is 0 Å². The van der Waals surface area contributed by atoms with Crippen LogP contribution in [0.1, 0.15) is 24.8 Å². The summed E-state index contributed by atoms with van der Waals surface area (Å²) in [6.45, 7) is 0.843. The van der Waals surface area contributed by atoms with Crippen LogP contribution in [0, 0.1) is 0 Å². The SMILES string of the molecule is O=C(Nc1ccccc1)N1CCCCC1Cc1ccccc1. The number of likely N-dealkylation sites (tertiary alicyclic amines) is 1. The quantitative estimate of drug-likeness (QED) is 0.898. The van der Waals surface area contributed by atoms with Gasteiger partial charge < -0.3 is 10.2 Å². The predicted octanol–water partition coefficient (Wildman–Crippen LogP) is 4.32. The number of urea groups is 1. The third-order valence-electron chi connectivity index (χ3n) is 4.23. The molecule has 3 nitrogen and oxygen atoms in total. The minimum absolute atomic E-state index is 0.0202. The molecule has 0 radical (unpaired) electrons. The fourth-order valence-corrected chi connectivity index (χ4v) is 3.08. The molecule has 114 valence electrons. The van der Waals surface area contributed by atoms with Gasteiger partial charge in [0.25, 0.3) is 0 Å². The summed E-state index contributed by atoms with van der Waals surface area (Å²) in [6.07, 6.45) is 4.31. The minimum atomic E-state index is 0.0202. The van der Waals surface area contributed by atoms with Crippen molar-refractivity contribution in [1.29, 1.82) is 0 Å². The Labute approximate surface area is 132 Å². The number of piperidine rings is 1. The van der Waals surface area contributed by atoms with E-state index in [1.54, 1.807) is 0 Å². The number of amides is 2. The van der Waals surface area contributed by atoms with Crippen molar-refractivity contribution in [2.75, 3.05) is 11.9 Å². The zero-order chi connectivity index (χ0) is 15.2. The monoisotopic (exact) mass is 294 g/mol. The van der Waals surface area contributed by atoms with Crippen LogP contribution in [0.3, 0.4) is 0 Å². The Balaban J connectivity index is 1.68. The molecule has 0 saturated carbocycles. The fraction of sp³-hybridized carbons (Fsp3) is 0.316. The highest BCUT2D eigenvalue weighted by Gasteiger charge is 2.26. The number of rotatable bonds is 3. The molecule has 1 aliphatic rings. The Kier molecular flexibility index (Phi) is 4.74. The molecule has 1 atom stereocenters. The topological polar surface area (TPSA) is 32.3 Å². The van der Waals surface area contributed by atoms with Crippen LogP contribution in [0.5, 0.6) is 0 Å². The summed E-state index contributed by atoms with van der Waals surface area (Å²) in [4.78, 5) is 14.6. The van der Waals surface area contributed by atoms with E-state index < -0.39 is 0 Å².